The Morgan fingerprint density at radius 3 is 2.91 bits per heavy atom. The van der Waals surface area contributed by atoms with Crippen molar-refractivity contribution in [2.24, 2.45) is 5.41 Å². The van der Waals surface area contributed by atoms with Gasteiger partial charge in [-0.15, -0.1) is 0 Å². The third-order valence-electron chi connectivity index (χ3n) is 4.84. The highest BCUT2D eigenvalue weighted by Crippen LogP contribution is 2.45. The van der Waals surface area contributed by atoms with E-state index in [9.17, 15) is 4.79 Å². The van der Waals surface area contributed by atoms with Gasteiger partial charge in [-0.25, -0.2) is 0 Å². The minimum atomic E-state index is -0.146. The lowest BCUT2D eigenvalue weighted by Crippen LogP contribution is -2.62. The van der Waals surface area contributed by atoms with Gasteiger partial charge in [-0.3, -0.25) is 9.78 Å². The van der Waals surface area contributed by atoms with Gasteiger partial charge in [0.15, 0.2) is 0 Å². The summed E-state index contributed by atoms with van der Waals surface area (Å²) in [5.74, 6) is -0.146. The van der Waals surface area contributed by atoms with E-state index in [0.717, 1.165) is 25.9 Å². The fourth-order valence-electron chi connectivity index (χ4n) is 3.11. The molecule has 1 heterocycles. The molecule has 0 unspecified atom stereocenters. The molecular formula is C18H25N3O2. The molecule has 0 radical (unpaired) electrons. The van der Waals surface area contributed by atoms with Crippen molar-refractivity contribution in [1.82, 2.24) is 9.88 Å². The highest BCUT2D eigenvalue weighted by Gasteiger charge is 2.52. The first-order valence-electron chi connectivity index (χ1n) is 8.16. The molecule has 0 spiro atoms. The Kier molecular flexibility index (Phi) is 5.38. The minimum absolute atomic E-state index is 0.0784. The Labute approximate surface area is 138 Å². The number of pyridine rings is 1. The predicted octanol–water partition coefficient (Wildman–Crippen LogP) is 3.01. The Hall–Kier alpha value is -1.93. The molecule has 5 nitrogen and oxygen atoms in total. The first-order valence-corrected chi connectivity index (χ1v) is 8.16. The lowest BCUT2D eigenvalue weighted by molar-refractivity contribution is -0.140. The monoisotopic (exact) mass is 315 g/mol. The van der Waals surface area contributed by atoms with Crippen LogP contribution in [0.3, 0.4) is 0 Å². The van der Waals surface area contributed by atoms with E-state index in [4.69, 9.17) is 10.00 Å². The fraction of sp³-hybridized carbons (Fsp3) is 0.611. The number of ether oxygens (including phenoxy) is 1. The van der Waals surface area contributed by atoms with Crippen molar-refractivity contribution in [3.8, 4) is 6.07 Å². The molecule has 2 atom stereocenters. The lowest BCUT2D eigenvalue weighted by atomic mass is 9.63. The van der Waals surface area contributed by atoms with E-state index in [1.807, 2.05) is 6.07 Å². The second-order valence-corrected chi connectivity index (χ2v) is 6.74. The van der Waals surface area contributed by atoms with E-state index >= 15 is 0 Å². The summed E-state index contributed by atoms with van der Waals surface area (Å²) in [6, 6.07) is 5.30. The molecule has 1 aliphatic rings. The average molecular weight is 315 g/mol. The quantitative estimate of drug-likeness (QED) is 0.757. The largest absolute Gasteiger partial charge is 0.378 e. The molecule has 0 saturated heterocycles. The van der Waals surface area contributed by atoms with Crippen molar-refractivity contribution < 1.29 is 9.53 Å². The van der Waals surface area contributed by atoms with Crippen molar-refractivity contribution in [1.29, 1.82) is 5.26 Å². The van der Waals surface area contributed by atoms with Crippen LogP contribution < -0.4 is 0 Å². The van der Waals surface area contributed by atoms with Crippen LogP contribution in [0.5, 0.6) is 0 Å². The maximum absolute atomic E-state index is 12.6. The zero-order chi connectivity index (χ0) is 17.0. The van der Waals surface area contributed by atoms with Gasteiger partial charge in [-0.2, -0.15) is 5.26 Å². The molecule has 0 N–H and O–H groups in total. The SMILES string of the molecule is CCCCO[C@@H]1C[C@@H](N(C)C(=O)c2cc(C#N)ccn2)C1(C)C. The van der Waals surface area contributed by atoms with Gasteiger partial charge in [0.25, 0.3) is 5.91 Å². The number of amides is 1. The first kappa shape index (κ1) is 17.4. The van der Waals surface area contributed by atoms with Gasteiger partial charge in [0.05, 0.1) is 17.7 Å². The number of carbonyl (C=O) groups excluding carboxylic acids is 1. The molecule has 1 saturated carbocycles. The molecule has 1 amide bonds. The van der Waals surface area contributed by atoms with Crippen LogP contribution in [0.25, 0.3) is 0 Å². The molecule has 1 aromatic heterocycles. The number of nitriles is 1. The molecule has 2 rings (SSSR count). The first-order chi connectivity index (χ1) is 10.9. The van der Waals surface area contributed by atoms with E-state index in [0.29, 0.717) is 11.3 Å². The lowest BCUT2D eigenvalue weighted by Gasteiger charge is -2.54. The van der Waals surface area contributed by atoms with Crippen LogP contribution in [-0.4, -0.2) is 41.6 Å². The van der Waals surface area contributed by atoms with Crippen molar-refractivity contribution in [2.75, 3.05) is 13.7 Å². The van der Waals surface area contributed by atoms with E-state index in [1.165, 1.54) is 6.20 Å². The minimum Gasteiger partial charge on any atom is -0.378 e. The smallest absolute Gasteiger partial charge is 0.272 e. The van der Waals surface area contributed by atoms with Crippen LogP contribution >= 0.6 is 0 Å². The second-order valence-electron chi connectivity index (χ2n) is 6.74. The summed E-state index contributed by atoms with van der Waals surface area (Å²) in [6.07, 6.45) is 4.72. The van der Waals surface area contributed by atoms with E-state index in [2.05, 4.69) is 25.8 Å². The summed E-state index contributed by atoms with van der Waals surface area (Å²) in [4.78, 5) is 18.5. The van der Waals surface area contributed by atoms with Gasteiger partial charge in [0.1, 0.15) is 5.69 Å². The van der Waals surface area contributed by atoms with Crippen LogP contribution in [0.1, 0.15) is 56.1 Å². The molecule has 1 aliphatic carbocycles. The van der Waals surface area contributed by atoms with Crippen LogP contribution in [0.15, 0.2) is 18.3 Å². The third kappa shape index (κ3) is 3.53. The zero-order valence-corrected chi connectivity index (χ0v) is 14.4. The number of nitrogens with zero attached hydrogens (tertiary/aromatic N) is 3. The number of hydrogen-bond donors (Lipinski definition) is 0. The van der Waals surface area contributed by atoms with Crippen molar-refractivity contribution in [3.05, 3.63) is 29.6 Å². The summed E-state index contributed by atoms with van der Waals surface area (Å²) < 4.78 is 5.94. The predicted molar refractivity (Wildman–Crippen MR) is 87.9 cm³/mol. The molecule has 0 aliphatic heterocycles. The van der Waals surface area contributed by atoms with Gasteiger partial charge < -0.3 is 9.64 Å². The molecule has 0 bridgehead atoms. The number of hydrogen-bond acceptors (Lipinski definition) is 4. The molecule has 23 heavy (non-hydrogen) atoms. The summed E-state index contributed by atoms with van der Waals surface area (Å²) >= 11 is 0. The number of carbonyl (C=O) groups is 1. The zero-order valence-electron chi connectivity index (χ0n) is 14.4. The summed E-state index contributed by atoms with van der Waals surface area (Å²) in [5.41, 5.74) is 0.688. The fourth-order valence-corrected chi connectivity index (χ4v) is 3.11. The molecule has 0 aromatic carbocycles. The van der Waals surface area contributed by atoms with E-state index in [-0.39, 0.29) is 23.5 Å². The third-order valence-corrected chi connectivity index (χ3v) is 4.84. The molecule has 1 aromatic rings. The molecule has 1 fully saturated rings. The van der Waals surface area contributed by atoms with Gasteiger partial charge >= 0.3 is 0 Å². The van der Waals surface area contributed by atoms with Crippen LogP contribution in [0.2, 0.25) is 0 Å². The van der Waals surface area contributed by atoms with E-state index in [1.54, 1.807) is 24.1 Å². The van der Waals surface area contributed by atoms with Gasteiger partial charge in [0, 0.05) is 31.3 Å². The summed E-state index contributed by atoms with van der Waals surface area (Å²) in [6.45, 7) is 7.20. The van der Waals surface area contributed by atoms with Gasteiger partial charge in [-0.1, -0.05) is 27.2 Å². The summed E-state index contributed by atoms with van der Waals surface area (Å²) in [5, 5.41) is 8.95. The van der Waals surface area contributed by atoms with Crippen LogP contribution in [0.4, 0.5) is 0 Å². The van der Waals surface area contributed by atoms with Gasteiger partial charge in [-0.05, 0) is 25.0 Å². The maximum atomic E-state index is 12.6. The number of rotatable bonds is 6. The Morgan fingerprint density at radius 2 is 2.30 bits per heavy atom. The topological polar surface area (TPSA) is 66.2 Å². The molecular weight excluding hydrogens is 290 g/mol. The number of unbranched alkanes of at least 4 members (excludes halogenated alkanes) is 1. The Morgan fingerprint density at radius 1 is 1.57 bits per heavy atom. The Bertz CT molecular complexity index is 607. The van der Waals surface area contributed by atoms with Gasteiger partial charge in [0.2, 0.25) is 0 Å². The average Bonchev–Trinajstić information content (AvgIpc) is 2.56. The maximum Gasteiger partial charge on any atom is 0.272 e. The summed E-state index contributed by atoms with van der Waals surface area (Å²) in [7, 11) is 1.80. The second kappa shape index (κ2) is 7.10. The van der Waals surface area contributed by atoms with Crippen LogP contribution in [-0.2, 0) is 4.74 Å². The Balaban J connectivity index is 2.02. The molecule has 5 heteroatoms. The number of aromatic nitrogens is 1. The van der Waals surface area contributed by atoms with E-state index < -0.39 is 0 Å². The highest BCUT2D eigenvalue weighted by molar-refractivity contribution is 5.92. The highest BCUT2D eigenvalue weighted by atomic mass is 16.5. The van der Waals surface area contributed by atoms with Crippen molar-refractivity contribution in [2.45, 2.75) is 52.2 Å². The van der Waals surface area contributed by atoms with Crippen LogP contribution in [0, 0.1) is 16.7 Å². The molecule has 124 valence electrons. The normalized spacial score (nSPS) is 22.0. The standard InChI is InChI=1S/C18H25N3O2/c1-5-6-9-23-16-11-15(18(16,2)3)21(4)17(22)14-10-13(12-19)7-8-20-14/h7-8,10,15-16H,5-6,9,11H2,1-4H3/t15-,16-/m1/s1. The van der Waals surface area contributed by atoms with Crippen molar-refractivity contribution >= 4 is 5.91 Å². The van der Waals surface area contributed by atoms with Crippen molar-refractivity contribution in [3.63, 3.8) is 0 Å².